The first-order valence-electron chi connectivity index (χ1n) is 5.25. The first kappa shape index (κ1) is 11.6. The number of allylic oxidation sites excluding steroid dienone is 5. The molecular formula is C12H19N3. The van der Waals surface area contributed by atoms with Gasteiger partial charge in [0, 0.05) is 12.2 Å². The number of aliphatic imine (C=N–C) groups is 1. The molecule has 1 atom stereocenters. The quantitative estimate of drug-likeness (QED) is 0.669. The second-order valence-electron chi connectivity index (χ2n) is 3.53. The monoisotopic (exact) mass is 205 g/mol. The van der Waals surface area contributed by atoms with Gasteiger partial charge in [-0.15, -0.1) is 0 Å². The lowest BCUT2D eigenvalue weighted by Crippen LogP contribution is -2.39. The molecule has 0 aromatic carbocycles. The Morgan fingerprint density at radius 2 is 2.40 bits per heavy atom. The van der Waals surface area contributed by atoms with Gasteiger partial charge >= 0.3 is 0 Å². The van der Waals surface area contributed by atoms with Crippen molar-refractivity contribution in [2.45, 2.75) is 19.9 Å². The fourth-order valence-electron chi connectivity index (χ4n) is 1.44. The van der Waals surface area contributed by atoms with E-state index in [2.05, 4.69) is 29.1 Å². The Morgan fingerprint density at radius 1 is 1.60 bits per heavy atom. The van der Waals surface area contributed by atoms with Crippen molar-refractivity contribution in [2.75, 3.05) is 13.1 Å². The second kappa shape index (κ2) is 6.06. The second-order valence-corrected chi connectivity index (χ2v) is 3.53. The van der Waals surface area contributed by atoms with Crippen LogP contribution in [0.2, 0.25) is 0 Å². The maximum absolute atomic E-state index is 4.37. The van der Waals surface area contributed by atoms with Crippen molar-refractivity contribution >= 4 is 5.84 Å². The number of rotatable bonds is 5. The summed E-state index contributed by atoms with van der Waals surface area (Å²) < 4.78 is 0. The van der Waals surface area contributed by atoms with E-state index < -0.39 is 0 Å². The molecule has 1 rings (SSSR count). The number of amidine groups is 1. The molecule has 82 valence electrons. The van der Waals surface area contributed by atoms with Crippen molar-refractivity contribution < 1.29 is 0 Å². The highest BCUT2D eigenvalue weighted by Crippen LogP contribution is 1.96. The Kier molecular flexibility index (Phi) is 4.68. The highest BCUT2D eigenvalue weighted by Gasteiger charge is 2.12. The molecule has 0 amide bonds. The van der Waals surface area contributed by atoms with Crippen LogP contribution in [0, 0.1) is 0 Å². The molecule has 1 aliphatic heterocycles. The Balaban J connectivity index is 2.42. The summed E-state index contributed by atoms with van der Waals surface area (Å²) in [5.41, 5.74) is 1.12. The summed E-state index contributed by atoms with van der Waals surface area (Å²) in [6.45, 7) is 9.61. The summed E-state index contributed by atoms with van der Waals surface area (Å²) in [6.07, 6.45) is 7.65. The summed E-state index contributed by atoms with van der Waals surface area (Å²) >= 11 is 0. The zero-order valence-electron chi connectivity index (χ0n) is 9.46. The average molecular weight is 205 g/mol. The molecule has 0 aromatic heterocycles. The molecule has 0 spiro atoms. The van der Waals surface area contributed by atoms with Gasteiger partial charge in [-0.3, -0.25) is 4.99 Å². The van der Waals surface area contributed by atoms with Gasteiger partial charge in [0.05, 0.1) is 12.6 Å². The van der Waals surface area contributed by atoms with Crippen molar-refractivity contribution in [3.8, 4) is 0 Å². The zero-order chi connectivity index (χ0) is 11.1. The molecule has 0 saturated heterocycles. The van der Waals surface area contributed by atoms with Crippen LogP contribution in [-0.2, 0) is 0 Å². The minimum absolute atomic E-state index is 0.251. The van der Waals surface area contributed by atoms with Gasteiger partial charge < -0.3 is 10.6 Å². The van der Waals surface area contributed by atoms with Crippen LogP contribution in [0.25, 0.3) is 0 Å². The lowest BCUT2D eigenvalue weighted by Gasteiger charge is -2.15. The van der Waals surface area contributed by atoms with Crippen LogP contribution in [-0.4, -0.2) is 25.0 Å². The van der Waals surface area contributed by atoms with Crippen LogP contribution in [0.1, 0.15) is 13.8 Å². The lowest BCUT2D eigenvalue weighted by molar-refractivity contribution is 0.742. The highest BCUT2D eigenvalue weighted by molar-refractivity contribution is 5.88. The summed E-state index contributed by atoms with van der Waals surface area (Å²) in [6, 6.07) is 0.251. The minimum Gasteiger partial charge on any atom is -0.379 e. The van der Waals surface area contributed by atoms with Crippen molar-refractivity contribution in [2.24, 2.45) is 4.99 Å². The number of hydrogen-bond donors (Lipinski definition) is 2. The Hall–Kier alpha value is -1.51. The van der Waals surface area contributed by atoms with Crippen molar-refractivity contribution in [1.29, 1.82) is 0 Å². The van der Waals surface area contributed by atoms with Crippen LogP contribution in [0.15, 0.2) is 41.6 Å². The van der Waals surface area contributed by atoms with Crippen molar-refractivity contribution in [1.82, 2.24) is 10.6 Å². The van der Waals surface area contributed by atoms with E-state index in [0.29, 0.717) is 0 Å². The lowest BCUT2D eigenvalue weighted by atomic mass is 10.3. The van der Waals surface area contributed by atoms with Gasteiger partial charge in [-0.1, -0.05) is 24.8 Å². The standard InChI is InChI=1S/C12H19N3/c1-4-5-6-7-10(2)15-11(3)12-13-8-9-14-12/h4-7,11,15H,1,8-9H2,2-3H3,(H,13,14)/b6-5-,10-7+. The Labute approximate surface area is 91.7 Å². The van der Waals surface area contributed by atoms with E-state index in [1.807, 2.05) is 25.2 Å². The van der Waals surface area contributed by atoms with Gasteiger partial charge in [-0.05, 0) is 19.9 Å². The molecule has 2 N–H and O–H groups in total. The third-order valence-corrected chi connectivity index (χ3v) is 2.15. The van der Waals surface area contributed by atoms with Crippen molar-refractivity contribution in [3.05, 3.63) is 36.6 Å². The third kappa shape index (κ3) is 4.02. The smallest absolute Gasteiger partial charge is 0.119 e. The normalized spacial score (nSPS) is 18.5. The van der Waals surface area contributed by atoms with E-state index >= 15 is 0 Å². The molecule has 15 heavy (non-hydrogen) atoms. The van der Waals surface area contributed by atoms with Crippen LogP contribution in [0.5, 0.6) is 0 Å². The predicted molar refractivity (Wildman–Crippen MR) is 66.0 cm³/mol. The van der Waals surface area contributed by atoms with E-state index in [0.717, 1.165) is 24.6 Å². The van der Waals surface area contributed by atoms with E-state index in [9.17, 15) is 0 Å². The summed E-state index contributed by atoms with van der Waals surface area (Å²) in [4.78, 5) is 4.37. The topological polar surface area (TPSA) is 36.4 Å². The average Bonchev–Trinajstić information content (AvgIpc) is 2.70. The Bertz CT molecular complexity index is 300. The van der Waals surface area contributed by atoms with Gasteiger partial charge in [0.2, 0.25) is 0 Å². The molecule has 0 bridgehead atoms. The predicted octanol–water partition coefficient (Wildman–Crippen LogP) is 1.61. The maximum atomic E-state index is 4.37. The van der Waals surface area contributed by atoms with Gasteiger partial charge in [0.1, 0.15) is 5.84 Å². The van der Waals surface area contributed by atoms with Gasteiger partial charge in [0.15, 0.2) is 0 Å². The van der Waals surface area contributed by atoms with Crippen LogP contribution < -0.4 is 10.6 Å². The SMILES string of the molecule is C=C/C=C\C=C(/C)NC(C)C1=NCCN1. The summed E-state index contributed by atoms with van der Waals surface area (Å²) in [7, 11) is 0. The molecular weight excluding hydrogens is 186 g/mol. The van der Waals surface area contributed by atoms with Gasteiger partial charge in [0.25, 0.3) is 0 Å². The van der Waals surface area contributed by atoms with Crippen molar-refractivity contribution in [3.63, 3.8) is 0 Å². The first-order chi connectivity index (χ1) is 7.24. The molecule has 3 nitrogen and oxygen atoms in total. The fourth-order valence-corrected chi connectivity index (χ4v) is 1.44. The molecule has 0 radical (unpaired) electrons. The van der Waals surface area contributed by atoms with E-state index in [-0.39, 0.29) is 6.04 Å². The molecule has 1 heterocycles. The van der Waals surface area contributed by atoms with E-state index in [1.165, 1.54) is 0 Å². The molecule has 0 aromatic rings. The highest BCUT2D eigenvalue weighted by atomic mass is 15.1. The maximum Gasteiger partial charge on any atom is 0.119 e. The summed E-state index contributed by atoms with van der Waals surface area (Å²) in [5, 5.41) is 6.62. The van der Waals surface area contributed by atoms with E-state index in [4.69, 9.17) is 0 Å². The molecule has 0 fully saturated rings. The third-order valence-electron chi connectivity index (χ3n) is 2.15. The zero-order valence-corrected chi connectivity index (χ0v) is 9.46. The van der Waals surface area contributed by atoms with Crippen LogP contribution in [0.3, 0.4) is 0 Å². The van der Waals surface area contributed by atoms with Gasteiger partial charge in [-0.25, -0.2) is 0 Å². The summed E-state index contributed by atoms with van der Waals surface area (Å²) in [5.74, 6) is 1.05. The molecule has 0 saturated carbocycles. The molecule has 1 aliphatic rings. The van der Waals surface area contributed by atoms with Crippen LogP contribution in [0.4, 0.5) is 0 Å². The first-order valence-corrected chi connectivity index (χ1v) is 5.25. The minimum atomic E-state index is 0.251. The fraction of sp³-hybridized carbons (Fsp3) is 0.417. The molecule has 3 heteroatoms. The molecule has 0 aliphatic carbocycles. The Morgan fingerprint density at radius 3 is 3.00 bits per heavy atom. The van der Waals surface area contributed by atoms with E-state index in [1.54, 1.807) is 6.08 Å². The van der Waals surface area contributed by atoms with Crippen LogP contribution >= 0.6 is 0 Å². The molecule has 1 unspecified atom stereocenters. The number of nitrogens with zero attached hydrogens (tertiary/aromatic N) is 1. The van der Waals surface area contributed by atoms with Gasteiger partial charge in [-0.2, -0.15) is 0 Å². The largest absolute Gasteiger partial charge is 0.379 e. The number of hydrogen-bond acceptors (Lipinski definition) is 3. The number of nitrogens with one attached hydrogen (secondary N) is 2.